The Morgan fingerprint density at radius 1 is 0.610 bits per heavy atom. The lowest BCUT2D eigenvalue weighted by atomic mass is 9.91. The van der Waals surface area contributed by atoms with Gasteiger partial charge in [-0.15, -0.1) is 0 Å². The Morgan fingerprint density at radius 3 is 1.97 bits per heavy atom. The monoisotopic (exact) mass is 779 g/mol. The van der Waals surface area contributed by atoms with Gasteiger partial charge in [-0.05, 0) is 163 Å². The van der Waals surface area contributed by atoms with Gasteiger partial charge < -0.3 is 25.5 Å². The van der Waals surface area contributed by atoms with E-state index in [1.54, 1.807) is 7.11 Å². The fraction of sp³-hybridized carbons (Fsp3) is 0.333. The number of hydrogen-bond donors (Lipinski definition) is 3. The number of benzene rings is 6. The third-order valence-electron chi connectivity index (χ3n) is 13.7. The van der Waals surface area contributed by atoms with Gasteiger partial charge in [0, 0.05) is 40.3 Å². The van der Waals surface area contributed by atoms with E-state index in [1.807, 2.05) is 18.2 Å². The second-order valence-electron chi connectivity index (χ2n) is 17.8. The van der Waals surface area contributed by atoms with E-state index in [0.717, 1.165) is 63.7 Å². The van der Waals surface area contributed by atoms with E-state index in [-0.39, 0.29) is 0 Å². The van der Waals surface area contributed by atoms with Crippen LogP contribution in [-0.4, -0.2) is 19.2 Å². The molecule has 0 saturated heterocycles. The fourth-order valence-corrected chi connectivity index (χ4v) is 10.00. The molecule has 6 aromatic carbocycles. The Kier molecular flexibility index (Phi) is 10.1. The van der Waals surface area contributed by atoms with Crippen LogP contribution in [-0.2, 0) is 12.8 Å². The van der Waals surface area contributed by atoms with Crippen molar-refractivity contribution < 1.29 is 9.15 Å². The van der Waals surface area contributed by atoms with E-state index in [4.69, 9.17) is 14.9 Å². The number of furan rings is 1. The molecule has 0 spiro atoms. The van der Waals surface area contributed by atoms with Gasteiger partial charge in [0.2, 0.25) is 0 Å². The highest BCUT2D eigenvalue weighted by molar-refractivity contribution is 6.06. The first-order valence-electron chi connectivity index (χ1n) is 22.1. The standard InChI is InChI=1S/C18H19NO2.2C18H19N/c1-11(12-7-8-12)19-15-10-17-14(9-18(15)20-2)13-5-3-4-6-16(13)21-17;1-11(12-6-7-12)16-10-17-14(9-18(16)19)8-13-4-2-3-5-15(13)17;1-4-8-17-13(5-1)11-14-12-16(9-10-18(14)17)19-15-6-2-3-7-15/h3-6,9-12,19H,7-8H2,1-2H3;2-5,9-12H,6-8,19H2,1H3;1,4-5,8-10,12,15,19H,2-3,6-7,11H2. The van der Waals surface area contributed by atoms with Crippen molar-refractivity contribution in [3.63, 3.8) is 0 Å². The number of nitrogens with two attached hydrogens (primary N) is 1. The second kappa shape index (κ2) is 15.8. The Hall–Kier alpha value is -5.68. The molecule has 2 unspecified atom stereocenters. The van der Waals surface area contributed by atoms with Crippen LogP contribution < -0.4 is 21.1 Å². The molecular formula is C54H57N3O2. The van der Waals surface area contributed by atoms with Crippen LogP contribution >= 0.6 is 0 Å². The van der Waals surface area contributed by atoms with Gasteiger partial charge in [-0.2, -0.15) is 0 Å². The Balaban J connectivity index is 0.000000107. The van der Waals surface area contributed by atoms with E-state index < -0.39 is 0 Å². The molecule has 4 N–H and O–H groups in total. The summed E-state index contributed by atoms with van der Waals surface area (Å²) in [4.78, 5) is 0. The van der Waals surface area contributed by atoms with Crippen molar-refractivity contribution in [3.05, 3.63) is 143 Å². The van der Waals surface area contributed by atoms with Gasteiger partial charge in [-0.1, -0.05) is 92.6 Å². The van der Waals surface area contributed by atoms with Crippen LogP contribution in [0.25, 0.3) is 44.2 Å². The summed E-state index contributed by atoms with van der Waals surface area (Å²) >= 11 is 0. The number of nitrogens with one attached hydrogen (secondary N) is 2. The Labute approximate surface area is 349 Å². The first kappa shape index (κ1) is 37.6. The average Bonchev–Trinajstić information content (AvgIpc) is 4.14. The number of fused-ring (bicyclic) bond motifs is 9. The average molecular weight is 780 g/mol. The molecule has 2 atom stereocenters. The topological polar surface area (TPSA) is 72.5 Å². The highest BCUT2D eigenvalue weighted by atomic mass is 16.5. The molecule has 300 valence electrons. The van der Waals surface area contributed by atoms with Crippen LogP contribution in [0.5, 0.6) is 5.75 Å². The Bertz CT molecular complexity index is 2640. The maximum atomic E-state index is 6.29. The summed E-state index contributed by atoms with van der Waals surface area (Å²) in [7, 11) is 1.72. The lowest BCUT2D eigenvalue weighted by Crippen LogP contribution is -2.17. The summed E-state index contributed by atoms with van der Waals surface area (Å²) in [5, 5.41) is 9.51. The van der Waals surface area contributed by atoms with Crippen LogP contribution in [0.3, 0.4) is 0 Å². The molecule has 1 heterocycles. The molecule has 7 aromatic rings. The molecule has 12 rings (SSSR count). The molecule has 3 saturated carbocycles. The molecule has 0 radical (unpaired) electrons. The summed E-state index contributed by atoms with van der Waals surface area (Å²) in [5.74, 6) is 3.14. The molecule has 0 bridgehead atoms. The van der Waals surface area contributed by atoms with Gasteiger partial charge in [-0.3, -0.25) is 0 Å². The van der Waals surface area contributed by atoms with Crippen LogP contribution in [0.15, 0.2) is 120 Å². The lowest BCUT2D eigenvalue weighted by molar-refractivity contribution is 0.416. The minimum atomic E-state index is 0.473. The zero-order valence-electron chi connectivity index (χ0n) is 34.8. The number of nitrogen functional groups attached to an aromatic ring is 1. The zero-order chi connectivity index (χ0) is 40.0. The van der Waals surface area contributed by atoms with Crippen LogP contribution in [0.4, 0.5) is 17.1 Å². The number of ether oxygens (including phenoxy) is 1. The molecule has 5 heteroatoms. The van der Waals surface area contributed by atoms with Gasteiger partial charge in [0.05, 0.1) is 12.8 Å². The molecule has 0 aliphatic heterocycles. The normalized spacial score (nSPS) is 17.1. The Morgan fingerprint density at radius 2 is 1.25 bits per heavy atom. The van der Waals surface area contributed by atoms with Gasteiger partial charge in [0.1, 0.15) is 16.9 Å². The van der Waals surface area contributed by atoms with E-state index in [2.05, 4.69) is 122 Å². The molecule has 3 fully saturated rings. The maximum Gasteiger partial charge on any atom is 0.142 e. The van der Waals surface area contributed by atoms with Crippen molar-refractivity contribution >= 4 is 39.0 Å². The molecule has 5 nitrogen and oxygen atoms in total. The highest BCUT2D eigenvalue weighted by Crippen LogP contribution is 2.47. The summed E-state index contributed by atoms with van der Waals surface area (Å²) in [5.41, 5.74) is 24.2. The van der Waals surface area contributed by atoms with Crippen molar-refractivity contribution in [1.82, 2.24) is 0 Å². The zero-order valence-corrected chi connectivity index (χ0v) is 34.8. The predicted molar refractivity (Wildman–Crippen MR) is 247 cm³/mol. The van der Waals surface area contributed by atoms with Crippen molar-refractivity contribution in [3.8, 4) is 28.0 Å². The minimum absolute atomic E-state index is 0.473. The summed E-state index contributed by atoms with van der Waals surface area (Å²) in [6.07, 6.45) is 12.9. The maximum absolute atomic E-state index is 6.29. The van der Waals surface area contributed by atoms with E-state index in [9.17, 15) is 0 Å². The van der Waals surface area contributed by atoms with Gasteiger partial charge in [-0.25, -0.2) is 0 Å². The van der Waals surface area contributed by atoms with E-state index >= 15 is 0 Å². The smallest absolute Gasteiger partial charge is 0.142 e. The van der Waals surface area contributed by atoms with E-state index in [1.165, 1.54) is 107 Å². The predicted octanol–water partition coefficient (Wildman–Crippen LogP) is 13.8. The first-order chi connectivity index (χ1) is 28.9. The number of rotatable bonds is 8. The second-order valence-corrected chi connectivity index (χ2v) is 17.8. The molecule has 59 heavy (non-hydrogen) atoms. The third-order valence-corrected chi connectivity index (χ3v) is 13.7. The quantitative estimate of drug-likeness (QED) is 0.134. The van der Waals surface area contributed by atoms with Crippen molar-refractivity contribution in [1.29, 1.82) is 0 Å². The minimum Gasteiger partial charge on any atom is -0.495 e. The molecule has 5 aliphatic carbocycles. The SMILES string of the molecule is CC(c1cc2c(cc1N)Cc1ccccc1-2)C1CC1.COc1cc2c(cc1NC(C)C1CC1)oc1ccccc12.c1ccc2c(c1)Cc1cc(NC3CCCC3)ccc1-2. The lowest BCUT2D eigenvalue weighted by Gasteiger charge is -2.17. The van der Waals surface area contributed by atoms with Gasteiger partial charge in [0.15, 0.2) is 0 Å². The first-order valence-corrected chi connectivity index (χ1v) is 22.1. The summed E-state index contributed by atoms with van der Waals surface area (Å²) < 4.78 is 11.5. The molecular weight excluding hydrogens is 723 g/mol. The highest BCUT2D eigenvalue weighted by Gasteiger charge is 2.32. The molecule has 0 amide bonds. The number of methoxy groups -OCH3 is 1. The van der Waals surface area contributed by atoms with Crippen molar-refractivity contribution in [2.45, 2.75) is 96.1 Å². The molecule has 5 aliphatic rings. The van der Waals surface area contributed by atoms with Crippen molar-refractivity contribution in [2.24, 2.45) is 11.8 Å². The van der Waals surface area contributed by atoms with Gasteiger partial charge >= 0.3 is 0 Å². The van der Waals surface area contributed by atoms with E-state index in [0.29, 0.717) is 18.0 Å². The van der Waals surface area contributed by atoms with Crippen LogP contribution in [0.1, 0.15) is 98.9 Å². The van der Waals surface area contributed by atoms with Crippen LogP contribution in [0.2, 0.25) is 0 Å². The number of para-hydroxylation sites is 1. The van der Waals surface area contributed by atoms with Crippen molar-refractivity contribution in [2.75, 3.05) is 23.5 Å². The summed E-state index contributed by atoms with van der Waals surface area (Å²) in [6.45, 7) is 4.57. The molecule has 1 aromatic heterocycles. The third kappa shape index (κ3) is 7.68. The summed E-state index contributed by atoms with van der Waals surface area (Å²) in [6, 6.07) is 42.4. The largest absolute Gasteiger partial charge is 0.495 e. The fourth-order valence-electron chi connectivity index (χ4n) is 10.00. The van der Waals surface area contributed by atoms with Crippen LogP contribution in [0, 0.1) is 11.8 Å². The number of anilines is 3. The number of hydrogen-bond acceptors (Lipinski definition) is 5. The van der Waals surface area contributed by atoms with Gasteiger partial charge in [0.25, 0.3) is 0 Å².